The van der Waals surface area contributed by atoms with Gasteiger partial charge in [0.05, 0.1) is 18.8 Å². The minimum Gasteiger partial charge on any atom is -0.504 e. The molecule has 1 heterocycles. The highest BCUT2D eigenvalue weighted by atomic mass is 32.2. The van der Waals surface area contributed by atoms with Crippen LogP contribution in [-0.2, 0) is 9.53 Å². The van der Waals surface area contributed by atoms with Gasteiger partial charge < -0.3 is 14.6 Å². The zero-order valence-electron chi connectivity index (χ0n) is 17.6. The van der Waals surface area contributed by atoms with Gasteiger partial charge in [-0.15, -0.1) is 0 Å². The second-order valence-electron chi connectivity index (χ2n) is 6.57. The standard InChI is InChI=1S/C23H26N2O4S/c1-5-28-19-14-16(12-13-18(19)26)21-20(22(27)29-6-2)15(3)25(23(24-21)30-4)17-10-8-7-9-11-17/h7-14,21,26H,5-6H2,1-4H3/t21-/m0/s1. The summed E-state index contributed by atoms with van der Waals surface area (Å²) < 4.78 is 10.9. The third-order valence-electron chi connectivity index (χ3n) is 4.72. The molecule has 0 amide bonds. The van der Waals surface area contributed by atoms with Crippen LogP contribution in [0.5, 0.6) is 11.5 Å². The molecule has 0 aliphatic carbocycles. The highest BCUT2D eigenvalue weighted by Gasteiger charge is 2.35. The predicted molar refractivity (Wildman–Crippen MR) is 121 cm³/mol. The summed E-state index contributed by atoms with van der Waals surface area (Å²) >= 11 is 1.50. The molecule has 0 saturated heterocycles. The van der Waals surface area contributed by atoms with Gasteiger partial charge in [0.15, 0.2) is 16.7 Å². The zero-order chi connectivity index (χ0) is 21.7. The van der Waals surface area contributed by atoms with Crippen molar-refractivity contribution in [1.82, 2.24) is 0 Å². The summed E-state index contributed by atoms with van der Waals surface area (Å²) in [6, 6.07) is 14.3. The van der Waals surface area contributed by atoms with Crippen molar-refractivity contribution in [2.45, 2.75) is 26.8 Å². The zero-order valence-corrected chi connectivity index (χ0v) is 18.4. The Kier molecular flexibility index (Phi) is 7.05. The number of aromatic hydroxyl groups is 1. The first-order chi connectivity index (χ1) is 14.5. The Morgan fingerprint density at radius 1 is 1.17 bits per heavy atom. The second-order valence-corrected chi connectivity index (χ2v) is 7.34. The van der Waals surface area contributed by atoms with Crippen molar-refractivity contribution in [2.24, 2.45) is 4.99 Å². The van der Waals surface area contributed by atoms with E-state index in [0.717, 1.165) is 22.1 Å². The van der Waals surface area contributed by atoms with E-state index < -0.39 is 12.0 Å². The number of hydrogen-bond acceptors (Lipinski definition) is 7. The second kappa shape index (κ2) is 9.71. The van der Waals surface area contributed by atoms with Crippen LogP contribution in [0.2, 0.25) is 0 Å². The van der Waals surface area contributed by atoms with E-state index >= 15 is 0 Å². The fraction of sp³-hybridized carbons (Fsp3) is 0.304. The van der Waals surface area contributed by atoms with Gasteiger partial charge in [0.25, 0.3) is 0 Å². The van der Waals surface area contributed by atoms with Crippen molar-refractivity contribution < 1.29 is 19.4 Å². The number of amidine groups is 1. The van der Waals surface area contributed by atoms with Gasteiger partial charge in [0, 0.05) is 11.4 Å². The molecule has 1 aliphatic rings. The molecule has 7 heteroatoms. The lowest BCUT2D eigenvalue weighted by Crippen LogP contribution is -2.35. The van der Waals surface area contributed by atoms with Gasteiger partial charge in [0.2, 0.25) is 0 Å². The molecule has 2 aromatic rings. The number of phenolic OH excluding ortho intramolecular Hbond substituents is 1. The molecular weight excluding hydrogens is 400 g/mol. The molecule has 1 atom stereocenters. The number of esters is 1. The molecule has 1 N–H and O–H groups in total. The molecule has 30 heavy (non-hydrogen) atoms. The Labute approximate surface area is 181 Å². The Bertz CT molecular complexity index is 972. The molecule has 3 rings (SSSR count). The Morgan fingerprint density at radius 3 is 2.53 bits per heavy atom. The highest BCUT2D eigenvalue weighted by Crippen LogP contribution is 2.40. The average molecular weight is 427 g/mol. The molecule has 0 fully saturated rings. The Hall–Kier alpha value is -2.93. The first-order valence-corrected chi connectivity index (χ1v) is 11.0. The SMILES string of the molecule is CCOC(=O)C1=C(C)N(c2ccccc2)C(SC)=N[C@H]1c1ccc(O)c(OCC)c1. The first-order valence-electron chi connectivity index (χ1n) is 9.82. The summed E-state index contributed by atoms with van der Waals surface area (Å²) in [6.07, 6.45) is 1.96. The number of para-hydroxylation sites is 1. The molecule has 158 valence electrons. The summed E-state index contributed by atoms with van der Waals surface area (Å²) in [5.74, 6) is 0.00731. The molecule has 0 bridgehead atoms. The van der Waals surface area contributed by atoms with Crippen LogP contribution in [0.15, 0.2) is 64.8 Å². The smallest absolute Gasteiger partial charge is 0.338 e. The summed E-state index contributed by atoms with van der Waals surface area (Å²) in [6.45, 7) is 6.23. The molecule has 0 unspecified atom stereocenters. The molecule has 0 aromatic heterocycles. The van der Waals surface area contributed by atoms with Crippen LogP contribution in [0.1, 0.15) is 32.4 Å². The molecule has 1 aliphatic heterocycles. The van der Waals surface area contributed by atoms with Crippen LogP contribution in [0.25, 0.3) is 0 Å². The van der Waals surface area contributed by atoms with Gasteiger partial charge in [-0.1, -0.05) is 36.0 Å². The van der Waals surface area contributed by atoms with Gasteiger partial charge in [-0.05, 0) is 56.9 Å². The van der Waals surface area contributed by atoms with E-state index in [2.05, 4.69) is 0 Å². The maximum Gasteiger partial charge on any atom is 0.338 e. The van der Waals surface area contributed by atoms with Crippen LogP contribution < -0.4 is 9.64 Å². The van der Waals surface area contributed by atoms with Crippen LogP contribution >= 0.6 is 11.8 Å². The summed E-state index contributed by atoms with van der Waals surface area (Å²) in [4.78, 5) is 19.9. The van der Waals surface area contributed by atoms with E-state index in [1.54, 1.807) is 25.1 Å². The number of allylic oxidation sites excluding steroid dienone is 1. The number of benzene rings is 2. The number of phenols is 1. The quantitative estimate of drug-likeness (QED) is 0.662. The van der Waals surface area contributed by atoms with Crippen molar-refractivity contribution in [3.05, 3.63) is 65.4 Å². The maximum atomic E-state index is 13.0. The van der Waals surface area contributed by atoms with E-state index in [9.17, 15) is 9.90 Å². The van der Waals surface area contributed by atoms with Gasteiger partial charge >= 0.3 is 5.97 Å². The van der Waals surface area contributed by atoms with E-state index in [1.807, 2.05) is 55.3 Å². The van der Waals surface area contributed by atoms with E-state index in [4.69, 9.17) is 14.5 Å². The van der Waals surface area contributed by atoms with Crippen LogP contribution in [0.4, 0.5) is 5.69 Å². The van der Waals surface area contributed by atoms with E-state index in [1.165, 1.54) is 11.8 Å². The highest BCUT2D eigenvalue weighted by molar-refractivity contribution is 8.13. The Morgan fingerprint density at radius 2 is 1.90 bits per heavy atom. The lowest BCUT2D eigenvalue weighted by molar-refractivity contribution is -0.138. The number of carbonyl (C=O) groups is 1. The molecule has 6 nitrogen and oxygen atoms in total. The number of anilines is 1. The number of thioether (sulfide) groups is 1. The fourth-order valence-corrected chi connectivity index (χ4v) is 4.04. The first kappa shape index (κ1) is 21.8. The van der Waals surface area contributed by atoms with Gasteiger partial charge in [-0.25, -0.2) is 9.79 Å². The predicted octanol–water partition coefficient (Wildman–Crippen LogP) is 4.91. The summed E-state index contributed by atoms with van der Waals surface area (Å²) in [7, 11) is 0. The lowest BCUT2D eigenvalue weighted by Gasteiger charge is -2.34. The van der Waals surface area contributed by atoms with Gasteiger partial charge in [-0.3, -0.25) is 4.90 Å². The minimum atomic E-state index is -0.564. The number of ether oxygens (including phenoxy) is 2. The van der Waals surface area contributed by atoms with Crippen LogP contribution in [0.3, 0.4) is 0 Å². The summed E-state index contributed by atoms with van der Waals surface area (Å²) in [5.41, 5.74) is 2.89. The van der Waals surface area contributed by atoms with Crippen molar-refractivity contribution in [1.29, 1.82) is 0 Å². The number of carbonyl (C=O) groups excluding carboxylic acids is 1. The number of rotatable bonds is 6. The monoisotopic (exact) mass is 426 g/mol. The number of hydrogen-bond donors (Lipinski definition) is 1. The largest absolute Gasteiger partial charge is 0.504 e. The molecule has 2 aromatic carbocycles. The molecule has 0 radical (unpaired) electrons. The topological polar surface area (TPSA) is 71.4 Å². The normalized spacial score (nSPS) is 16.3. The van der Waals surface area contributed by atoms with E-state index in [-0.39, 0.29) is 12.4 Å². The van der Waals surface area contributed by atoms with Crippen molar-refractivity contribution in [3.63, 3.8) is 0 Å². The molecular formula is C23H26N2O4S. The molecule has 0 spiro atoms. The summed E-state index contributed by atoms with van der Waals surface area (Å²) in [5, 5.41) is 10.9. The average Bonchev–Trinajstić information content (AvgIpc) is 2.75. The van der Waals surface area contributed by atoms with Crippen molar-refractivity contribution in [3.8, 4) is 11.5 Å². The van der Waals surface area contributed by atoms with Crippen molar-refractivity contribution in [2.75, 3.05) is 24.4 Å². The number of nitrogens with zero attached hydrogens (tertiary/aromatic N) is 2. The number of aliphatic imine (C=N–C) groups is 1. The van der Waals surface area contributed by atoms with Gasteiger partial charge in [0.1, 0.15) is 6.04 Å². The van der Waals surface area contributed by atoms with Crippen LogP contribution in [-0.4, -0.2) is 35.7 Å². The third-order valence-corrected chi connectivity index (χ3v) is 5.37. The van der Waals surface area contributed by atoms with Gasteiger partial charge in [-0.2, -0.15) is 0 Å². The maximum absolute atomic E-state index is 13.0. The minimum absolute atomic E-state index is 0.0507. The Balaban J connectivity index is 2.16. The lowest BCUT2D eigenvalue weighted by atomic mass is 9.95. The van der Waals surface area contributed by atoms with Crippen molar-refractivity contribution >= 4 is 28.6 Å². The molecule has 0 saturated carbocycles. The third kappa shape index (κ3) is 4.31. The van der Waals surface area contributed by atoms with E-state index in [0.29, 0.717) is 17.9 Å². The van der Waals surface area contributed by atoms with Crippen LogP contribution in [0, 0.1) is 0 Å². The fourth-order valence-electron chi connectivity index (χ4n) is 3.40.